The van der Waals surface area contributed by atoms with Gasteiger partial charge in [0.1, 0.15) is 5.44 Å². The van der Waals surface area contributed by atoms with Crippen LogP contribution in [0.3, 0.4) is 0 Å². The van der Waals surface area contributed by atoms with Gasteiger partial charge in [-0.15, -0.1) is 0 Å². The number of benzene rings is 1. The lowest BCUT2D eigenvalue weighted by Gasteiger charge is -2.60. The van der Waals surface area contributed by atoms with Gasteiger partial charge in [0.25, 0.3) is 0 Å². The van der Waals surface area contributed by atoms with Gasteiger partial charge in [0.05, 0.1) is 18.1 Å². The zero-order valence-corrected chi connectivity index (χ0v) is 20.6. The highest BCUT2D eigenvalue weighted by Gasteiger charge is 2.69. The second kappa shape index (κ2) is 8.09. The zero-order chi connectivity index (χ0) is 23.7. The molecule has 4 aliphatic heterocycles. The molecule has 1 aromatic carbocycles. The number of aromatic amines is 1. The number of fused-ring (bicyclic) bond motifs is 3. The van der Waals surface area contributed by atoms with Gasteiger partial charge >= 0.3 is 6.09 Å². The molecule has 4 saturated heterocycles. The van der Waals surface area contributed by atoms with Gasteiger partial charge < -0.3 is 19.2 Å². The lowest BCUT2D eigenvalue weighted by Crippen LogP contribution is -2.70. The first-order chi connectivity index (χ1) is 16.3. The molecule has 1 amide bonds. The van der Waals surface area contributed by atoms with Crippen LogP contribution in [-0.2, 0) is 24.0 Å². The number of carbonyl (C=O) groups excluding carboxylic acids is 1. The molecule has 10 heteroatoms. The van der Waals surface area contributed by atoms with Gasteiger partial charge in [0, 0.05) is 17.2 Å². The number of nitrogens with one attached hydrogen (secondary N) is 2. The topological polar surface area (TPSA) is 104 Å². The highest BCUT2D eigenvalue weighted by atomic mass is 32.2. The Morgan fingerprint density at radius 2 is 2.09 bits per heavy atom. The maximum Gasteiger partial charge on any atom is 0.413 e. The Hall–Kier alpha value is -1.85. The van der Waals surface area contributed by atoms with Gasteiger partial charge in [-0.1, -0.05) is 25.6 Å². The van der Waals surface area contributed by atoms with Gasteiger partial charge in [-0.05, 0) is 62.1 Å². The number of thioether (sulfide) groups is 1. The third kappa shape index (κ3) is 3.45. The largest absolute Gasteiger partial charge is 0.453 e. The summed E-state index contributed by atoms with van der Waals surface area (Å²) in [6, 6.07) is 6.00. The van der Waals surface area contributed by atoms with E-state index >= 15 is 0 Å². The number of aromatic nitrogens is 2. The van der Waals surface area contributed by atoms with Crippen LogP contribution in [0.5, 0.6) is 0 Å². The Bertz CT molecular complexity index is 1110. The number of methoxy groups -OCH3 is 1. The summed E-state index contributed by atoms with van der Waals surface area (Å²) in [7, 11) is 1.32. The van der Waals surface area contributed by atoms with E-state index in [9.17, 15) is 4.79 Å². The maximum atomic E-state index is 11.5. The van der Waals surface area contributed by atoms with Crippen LogP contribution in [-0.4, -0.2) is 46.3 Å². The Balaban J connectivity index is 1.27. The van der Waals surface area contributed by atoms with Gasteiger partial charge in [-0.3, -0.25) is 5.32 Å². The SMILES string of the molecule is COC(=O)Nc1nc2ccc(SC3O[C@@H]4O[C@]5(C)CC[C@H]6[C@H](C)CCC([C@H]3C)[C@@]46OO5)cc2[nH]1. The minimum Gasteiger partial charge on any atom is -0.453 e. The molecule has 5 heterocycles. The highest BCUT2D eigenvalue weighted by molar-refractivity contribution is 7.99. The van der Waals surface area contributed by atoms with E-state index < -0.39 is 23.8 Å². The molecule has 2 N–H and O–H groups in total. The quantitative estimate of drug-likeness (QED) is 0.578. The van der Waals surface area contributed by atoms with Crippen molar-refractivity contribution in [2.75, 3.05) is 12.4 Å². The summed E-state index contributed by atoms with van der Waals surface area (Å²) in [5, 5.41) is 2.57. The number of hydrogen-bond acceptors (Lipinski definition) is 8. The maximum absolute atomic E-state index is 11.5. The fraction of sp³-hybridized carbons (Fsp3) is 0.667. The summed E-state index contributed by atoms with van der Waals surface area (Å²) in [6.07, 6.45) is 3.07. The molecule has 1 saturated carbocycles. The average Bonchev–Trinajstić information content (AvgIpc) is 3.07. The summed E-state index contributed by atoms with van der Waals surface area (Å²) in [6.45, 7) is 6.54. The molecule has 8 atom stereocenters. The van der Waals surface area contributed by atoms with Crippen LogP contribution in [0, 0.1) is 23.7 Å². The van der Waals surface area contributed by atoms with Crippen LogP contribution >= 0.6 is 11.8 Å². The second-order valence-corrected chi connectivity index (χ2v) is 11.4. The molecule has 2 bridgehead atoms. The van der Waals surface area contributed by atoms with Crippen molar-refractivity contribution in [3.63, 3.8) is 0 Å². The van der Waals surface area contributed by atoms with Gasteiger partial charge in [0.2, 0.25) is 11.7 Å². The Kier molecular flexibility index (Phi) is 5.38. The van der Waals surface area contributed by atoms with E-state index in [1.807, 2.05) is 25.1 Å². The molecule has 34 heavy (non-hydrogen) atoms. The summed E-state index contributed by atoms with van der Waals surface area (Å²) in [5.41, 5.74) is 0.955. The number of hydrogen-bond donors (Lipinski definition) is 2. The van der Waals surface area contributed by atoms with Crippen molar-refractivity contribution >= 4 is 34.8 Å². The van der Waals surface area contributed by atoms with E-state index in [-0.39, 0.29) is 11.4 Å². The molecule has 5 fully saturated rings. The van der Waals surface area contributed by atoms with Crippen LogP contribution in [0.25, 0.3) is 11.0 Å². The molecular formula is C24H31N3O6S. The fourth-order valence-corrected chi connectivity index (χ4v) is 7.57. The standard InChI is InChI=1S/C24H31N3O6S/c1-12-5-7-16-13(2)19(30-20-24(16)15(12)9-10-23(3,31-20)32-33-24)34-14-6-8-17-18(11-14)26-21(25-17)27-22(28)29-4/h6,8,11-13,15-16,19-20H,5,7,9-10H2,1-4H3,(H2,25,26,27,28)/t12-,13-,15+,16?,19?,20-,23+,24-/m1/s1. The number of amides is 1. The molecule has 2 aromatic rings. The van der Waals surface area contributed by atoms with Crippen LogP contribution in [0.4, 0.5) is 10.7 Å². The molecule has 1 aromatic heterocycles. The van der Waals surface area contributed by atoms with Gasteiger partial charge in [0.15, 0.2) is 11.9 Å². The van der Waals surface area contributed by atoms with Crippen molar-refractivity contribution in [3.8, 4) is 0 Å². The summed E-state index contributed by atoms with van der Waals surface area (Å²) in [5.74, 6) is 1.02. The van der Waals surface area contributed by atoms with E-state index in [1.54, 1.807) is 11.8 Å². The second-order valence-electron chi connectivity index (χ2n) is 10.3. The van der Waals surface area contributed by atoms with Crippen molar-refractivity contribution < 1.29 is 28.8 Å². The Morgan fingerprint density at radius 3 is 2.91 bits per heavy atom. The van der Waals surface area contributed by atoms with Crippen molar-refractivity contribution in [2.24, 2.45) is 23.7 Å². The smallest absolute Gasteiger partial charge is 0.413 e. The molecule has 9 nitrogen and oxygen atoms in total. The minimum atomic E-state index is -0.773. The zero-order valence-electron chi connectivity index (χ0n) is 19.8. The first-order valence-electron chi connectivity index (χ1n) is 12.0. The predicted molar refractivity (Wildman–Crippen MR) is 125 cm³/mol. The molecular weight excluding hydrogens is 458 g/mol. The summed E-state index contributed by atoms with van der Waals surface area (Å²) < 4.78 is 17.8. The molecule has 2 unspecified atom stereocenters. The number of H-pyrrole nitrogens is 1. The lowest BCUT2D eigenvalue weighted by atomic mass is 9.58. The third-order valence-corrected chi connectivity index (χ3v) is 9.51. The number of imidazole rings is 1. The number of anilines is 1. The molecule has 0 radical (unpaired) electrons. The van der Waals surface area contributed by atoms with Crippen molar-refractivity contribution in [1.29, 1.82) is 0 Å². The van der Waals surface area contributed by atoms with Gasteiger partial charge in [-0.2, -0.15) is 0 Å². The monoisotopic (exact) mass is 489 g/mol. The van der Waals surface area contributed by atoms with Crippen LogP contribution < -0.4 is 5.32 Å². The third-order valence-electron chi connectivity index (χ3n) is 8.21. The average molecular weight is 490 g/mol. The van der Waals surface area contributed by atoms with Crippen LogP contribution in [0.15, 0.2) is 23.1 Å². The van der Waals surface area contributed by atoms with Crippen molar-refractivity contribution in [2.45, 2.75) is 74.5 Å². The highest BCUT2D eigenvalue weighted by Crippen LogP contribution is 2.61. The Morgan fingerprint density at radius 1 is 1.24 bits per heavy atom. The van der Waals surface area contributed by atoms with Crippen molar-refractivity contribution in [3.05, 3.63) is 18.2 Å². The summed E-state index contributed by atoms with van der Waals surface area (Å²) in [4.78, 5) is 32.2. The van der Waals surface area contributed by atoms with E-state index in [1.165, 1.54) is 13.5 Å². The number of carbonyl (C=O) groups is 1. The first kappa shape index (κ1) is 22.6. The summed E-state index contributed by atoms with van der Waals surface area (Å²) >= 11 is 1.69. The van der Waals surface area contributed by atoms with Crippen LogP contribution in [0.1, 0.15) is 46.5 Å². The lowest BCUT2D eigenvalue weighted by molar-refractivity contribution is -0.568. The number of ether oxygens (including phenoxy) is 3. The molecule has 184 valence electrons. The van der Waals surface area contributed by atoms with Gasteiger partial charge in [-0.25, -0.2) is 19.6 Å². The first-order valence-corrected chi connectivity index (χ1v) is 12.9. The van der Waals surface area contributed by atoms with E-state index in [0.717, 1.165) is 35.2 Å². The predicted octanol–water partition coefficient (Wildman–Crippen LogP) is 5.04. The molecule has 1 spiro atoms. The van der Waals surface area contributed by atoms with Crippen molar-refractivity contribution in [1.82, 2.24) is 9.97 Å². The Labute approximate surface area is 202 Å². The number of nitrogens with zero attached hydrogens (tertiary/aromatic N) is 1. The van der Waals surface area contributed by atoms with Crippen LogP contribution in [0.2, 0.25) is 0 Å². The minimum absolute atomic E-state index is 0.0886. The molecule has 1 aliphatic carbocycles. The van der Waals surface area contributed by atoms with E-state index in [4.69, 9.17) is 19.2 Å². The number of rotatable bonds is 3. The van der Waals surface area contributed by atoms with E-state index in [2.05, 4.69) is 33.9 Å². The molecule has 7 rings (SSSR count). The van der Waals surface area contributed by atoms with E-state index in [0.29, 0.717) is 23.7 Å². The normalized spacial score (nSPS) is 41.1. The fourth-order valence-electron chi connectivity index (χ4n) is 6.41. The molecule has 5 aliphatic rings.